The second kappa shape index (κ2) is 15.0. The minimum atomic E-state index is -0.728. The van der Waals surface area contributed by atoms with Gasteiger partial charge >= 0.3 is 0 Å². The van der Waals surface area contributed by atoms with Gasteiger partial charge in [0.05, 0.1) is 10.9 Å². The summed E-state index contributed by atoms with van der Waals surface area (Å²) in [5.41, 5.74) is 19.6. The zero-order valence-electron chi connectivity index (χ0n) is 43.7. The molecule has 0 radical (unpaired) electrons. The third-order valence-corrected chi connectivity index (χ3v) is 17.8. The smallest absolute Gasteiger partial charge is 0.0727 e. The van der Waals surface area contributed by atoms with Crippen LogP contribution in [0.5, 0.6) is 0 Å². The van der Waals surface area contributed by atoms with Crippen LogP contribution in [0.4, 0.5) is 34.1 Å². The highest BCUT2D eigenvalue weighted by Crippen LogP contribution is 2.65. The minimum absolute atomic E-state index is 0.0261. The molecule has 0 amide bonds. The number of nitrogens with zero attached hydrogens (tertiary/aromatic N) is 2. The highest BCUT2D eigenvalue weighted by Gasteiger charge is 2.53. The average Bonchev–Trinajstić information content (AvgIpc) is 3.98. The molecule has 0 heterocycles. The van der Waals surface area contributed by atoms with E-state index in [1.807, 2.05) is 35.2 Å². The molecule has 9 aromatic rings. The van der Waals surface area contributed by atoms with Crippen molar-refractivity contribution >= 4 is 34.1 Å². The lowest BCUT2D eigenvalue weighted by Gasteiger charge is -2.54. The Labute approximate surface area is 418 Å². The molecule has 338 valence electrons. The van der Waals surface area contributed by atoms with Gasteiger partial charge in [-0.15, -0.1) is 0 Å². The van der Waals surface area contributed by atoms with Crippen molar-refractivity contribution in [2.24, 2.45) is 23.7 Å². The number of rotatable bonds is 7. The van der Waals surface area contributed by atoms with Crippen molar-refractivity contribution in [2.75, 3.05) is 9.80 Å². The Morgan fingerprint density at radius 3 is 1.24 bits per heavy atom. The lowest BCUT2D eigenvalue weighted by atomic mass is 9.51. The first-order valence-electron chi connectivity index (χ1n) is 27.6. The number of fused-ring (bicyclic) bond motifs is 13. The fourth-order valence-electron chi connectivity index (χ4n) is 15.2. The predicted molar refractivity (Wildman–Crippen MR) is 289 cm³/mol. The molecule has 7 aliphatic rings. The van der Waals surface area contributed by atoms with Crippen LogP contribution in [0.1, 0.15) is 96.3 Å². The van der Waals surface area contributed by atoms with Gasteiger partial charge in [-0.1, -0.05) is 153 Å². The molecule has 2 nitrogen and oxygen atoms in total. The summed E-state index contributed by atoms with van der Waals surface area (Å²) in [6, 6.07) is 68.4. The molecule has 4 fully saturated rings. The summed E-state index contributed by atoms with van der Waals surface area (Å²) in [4.78, 5) is 4.42. The van der Waals surface area contributed by atoms with Crippen molar-refractivity contribution in [1.29, 1.82) is 0 Å². The van der Waals surface area contributed by atoms with Crippen molar-refractivity contribution in [3.63, 3.8) is 0 Å². The predicted octanol–water partition coefficient (Wildman–Crippen LogP) is 17.8. The lowest BCUT2D eigenvalue weighted by molar-refractivity contribution is -0.00277. The molecule has 4 bridgehead atoms. The SMILES string of the molecule is [2H]c1c([2H])c(N(c2ccccc2)c2ccc3c(c2)C2(c4ccccc4-c4ccc(N(c5ccccc5)c5ccc6c(c5)C(C)(C)c5ccccc5-6)cc42)c2ccccc2-3)c([2H])c([2H])c1C1C2CC3CC(C2)CC1C3. The van der Waals surface area contributed by atoms with Crippen LogP contribution < -0.4 is 9.80 Å². The van der Waals surface area contributed by atoms with Gasteiger partial charge in [0.15, 0.2) is 0 Å². The summed E-state index contributed by atoms with van der Waals surface area (Å²) >= 11 is 0. The van der Waals surface area contributed by atoms with Gasteiger partial charge in [0.1, 0.15) is 0 Å². The van der Waals surface area contributed by atoms with E-state index in [1.165, 1.54) is 62.1 Å². The minimum Gasteiger partial charge on any atom is -0.310 e. The fourth-order valence-corrected chi connectivity index (χ4v) is 15.2. The average molecular weight is 905 g/mol. The quantitative estimate of drug-likeness (QED) is 0.157. The molecule has 0 N–H and O–H groups in total. The van der Waals surface area contributed by atoms with Crippen LogP contribution in [0.15, 0.2) is 212 Å². The molecule has 1 unspecified atom stereocenters. The second-order valence-electron chi connectivity index (χ2n) is 21.8. The molecule has 4 saturated carbocycles. The molecule has 1 spiro atoms. The third-order valence-electron chi connectivity index (χ3n) is 17.8. The number of para-hydroxylation sites is 2. The van der Waals surface area contributed by atoms with Gasteiger partial charge < -0.3 is 9.80 Å². The van der Waals surface area contributed by atoms with Crippen LogP contribution in [0.25, 0.3) is 33.4 Å². The Morgan fingerprint density at radius 1 is 0.357 bits per heavy atom. The molecule has 2 heteroatoms. The fraction of sp³-hybridized carbons (Fsp3) is 0.206. The maximum atomic E-state index is 9.95. The number of hydrogen-bond donors (Lipinski definition) is 0. The van der Waals surface area contributed by atoms with E-state index in [4.69, 9.17) is 0 Å². The molecular formula is C68H56N2. The molecule has 70 heavy (non-hydrogen) atoms. The van der Waals surface area contributed by atoms with Crippen LogP contribution in [-0.2, 0) is 10.8 Å². The number of anilines is 6. The van der Waals surface area contributed by atoms with Gasteiger partial charge in [-0.3, -0.25) is 0 Å². The van der Waals surface area contributed by atoms with E-state index in [0.29, 0.717) is 17.4 Å². The number of benzene rings is 9. The van der Waals surface area contributed by atoms with E-state index in [1.54, 1.807) is 0 Å². The highest BCUT2D eigenvalue weighted by molar-refractivity contribution is 5.98. The van der Waals surface area contributed by atoms with Gasteiger partial charge in [-0.2, -0.15) is 0 Å². The first kappa shape index (κ1) is 36.5. The number of hydrogen-bond acceptors (Lipinski definition) is 2. The van der Waals surface area contributed by atoms with E-state index in [2.05, 4.69) is 176 Å². The Morgan fingerprint density at radius 2 is 0.743 bits per heavy atom. The molecular weight excluding hydrogens is 845 g/mol. The van der Waals surface area contributed by atoms with Gasteiger partial charge in [0.25, 0.3) is 0 Å². The van der Waals surface area contributed by atoms with Crippen LogP contribution in [0, 0.1) is 23.7 Å². The third kappa shape index (κ3) is 5.68. The van der Waals surface area contributed by atoms with E-state index in [-0.39, 0.29) is 41.2 Å². The maximum absolute atomic E-state index is 9.95. The Balaban J connectivity index is 0.933. The van der Waals surface area contributed by atoms with E-state index < -0.39 is 5.41 Å². The zero-order chi connectivity index (χ0) is 49.8. The summed E-state index contributed by atoms with van der Waals surface area (Å²) < 4.78 is 39.5. The van der Waals surface area contributed by atoms with Gasteiger partial charge in [-0.25, -0.2) is 0 Å². The maximum Gasteiger partial charge on any atom is 0.0727 e. The summed E-state index contributed by atoms with van der Waals surface area (Å²) in [7, 11) is 0. The van der Waals surface area contributed by atoms with E-state index >= 15 is 0 Å². The Hall–Kier alpha value is -7.42. The summed E-state index contributed by atoms with van der Waals surface area (Å²) in [5.74, 6) is 2.42. The summed E-state index contributed by atoms with van der Waals surface area (Å²) in [5, 5.41) is 0. The van der Waals surface area contributed by atoms with Gasteiger partial charge in [0, 0.05) is 39.5 Å². The van der Waals surface area contributed by atoms with Crippen LogP contribution in [-0.4, -0.2) is 0 Å². The lowest BCUT2D eigenvalue weighted by Crippen LogP contribution is -2.43. The molecule has 0 aromatic heterocycles. The Kier molecular flexibility index (Phi) is 7.85. The van der Waals surface area contributed by atoms with Crippen molar-refractivity contribution in [1.82, 2.24) is 0 Å². The van der Waals surface area contributed by atoms with Crippen molar-refractivity contribution in [3.8, 4) is 33.4 Å². The van der Waals surface area contributed by atoms with Crippen LogP contribution in [0.2, 0.25) is 0 Å². The van der Waals surface area contributed by atoms with Crippen molar-refractivity contribution in [2.45, 2.75) is 62.7 Å². The van der Waals surface area contributed by atoms with E-state index in [0.717, 1.165) is 77.1 Å². The van der Waals surface area contributed by atoms with Gasteiger partial charge in [-0.05, 0) is 207 Å². The largest absolute Gasteiger partial charge is 0.310 e. The first-order valence-corrected chi connectivity index (χ1v) is 25.6. The first-order chi connectivity index (χ1) is 36.1. The normalized spacial score (nSPS) is 23.8. The summed E-state index contributed by atoms with van der Waals surface area (Å²) in [6.45, 7) is 4.69. The van der Waals surface area contributed by atoms with Gasteiger partial charge in [0.2, 0.25) is 0 Å². The zero-order valence-corrected chi connectivity index (χ0v) is 39.7. The monoisotopic (exact) mass is 904 g/mol. The summed E-state index contributed by atoms with van der Waals surface area (Å²) in [6.07, 6.45) is 5.91. The standard InChI is InChI=1S/C68H56N2/c1-67(2)60-22-12-9-19-54(60)57-32-29-51(40-63(57)67)70(49-17-7-4-8-18-49)53-31-34-59-56-21-11-14-24-62(56)68(65(59)42-53)61-23-13-10-20-55(61)58-33-30-52(41-64(58)68)69(48-15-5-3-6-16-48)50-27-25-45(26-28-50)66-46-36-43-35-44(38-46)39-47(66)37-43/h3-34,40-44,46-47,66H,35-39H2,1-2H3/i25D,26D,27D,28D. The molecule has 9 aromatic carbocycles. The molecule has 0 aliphatic heterocycles. The topological polar surface area (TPSA) is 6.48 Å². The highest BCUT2D eigenvalue weighted by atomic mass is 15.1. The van der Waals surface area contributed by atoms with Crippen molar-refractivity contribution < 1.29 is 5.48 Å². The van der Waals surface area contributed by atoms with Crippen molar-refractivity contribution in [3.05, 3.63) is 251 Å². The van der Waals surface area contributed by atoms with E-state index in [9.17, 15) is 5.48 Å². The van der Waals surface area contributed by atoms with Crippen LogP contribution >= 0.6 is 0 Å². The molecule has 0 saturated heterocycles. The molecule has 16 rings (SSSR count). The Bertz CT molecular complexity index is 3740. The molecule has 7 aliphatic carbocycles. The second-order valence-corrected chi connectivity index (χ2v) is 21.8. The van der Waals surface area contributed by atoms with Crippen LogP contribution in [0.3, 0.4) is 0 Å². The molecule has 1 atom stereocenters.